The molecule has 5 heteroatoms. The van der Waals surface area contributed by atoms with Crippen molar-refractivity contribution in [3.63, 3.8) is 0 Å². The highest BCUT2D eigenvalue weighted by Crippen LogP contribution is 2.29. The van der Waals surface area contributed by atoms with Gasteiger partial charge in [-0.25, -0.2) is 0 Å². The van der Waals surface area contributed by atoms with Crippen molar-refractivity contribution in [3.8, 4) is 5.75 Å². The largest absolute Gasteiger partial charge is 0.495 e. The zero-order valence-corrected chi connectivity index (χ0v) is 11.3. The van der Waals surface area contributed by atoms with Gasteiger partial charge in [-0.3, -0.25) is 4.79 Å². The number of anilines is 1. The highest BCUT2D eigenvalue weighted by molar-refractivity contribution is 5.96. The Morgan fingerprint density at radius 1 is 1.53 bits per heavy atom. The monoisotopic (exact) mass is 264 g/mol. The van der Waals surface area contributed by atoms with E-state index in [1.807, 2.05) is 6.92 Å². The fourth-order valence-corrected chi connectivity index (χ4v) is 2.48. The van der Waals surface area contributed by atoms with Crippen molar-refractivity contribution in [2.45, 2.75) is 25.4 Å². The fraction of sp³-hybridized carbons (Fsp3) is 0.500. The van der Waals surface area contributed by atoms with Crippen LogP contribution in [0.4, 0.5) is 5.69 Å². The zero-order chi connectivity index (χ0) is 14.0. The molecule has 1 fully saturated rings. The van der Waals surface area contributed by atoms with E-state index < -0.39 is 5.60 Å². The number of nitrogens with zero attached hydrogens (tertiary/aromatic N) is 1. The van der Waals surface area contributed by atoms with Crippen LogP contribution in [0.5, 0.6) is 5.75 Å². The number of carbonyl (C=O) groups is 1. The molecule has 1 aromatic carbocycles. The molecule has 1 aliphatic heterocycles. The van der Waals surface area contributed by atoms with Crippen molar-refractivity contribution >= 4 is 11.6 Å². The van der Waals surface area contributed by atoms with Crippen molar-refractivity contribution < 1.29 is 14.6 Å². The Balaban J connectivity index is 2.04. The zero-order valence-electron chi connectivity index (χ0n) is 11.3. The maximum atomic E-state index is 12.2. The number of β-amino-alcohol motifs (C(OH)–C–C–N with tert-alkyl or cyclic N) is 1. The Morgan fingerprint density at radius 3 is 2.74 bits per heavy atom. The summed E-state index contributed by atoms with van der Waals surface area (Å²) < 4.78 is 5.06. The Kier molecular flexibility index (Phi) is 3.66. The van der Waals surface area contributed by atoms with Gasteiger partial charge in [-0.15, -0.1) is 0 Å². The molecule has 0 atom stereocenters. The molecule has 0 unspecified atom stereocenters. The van der Waals surface area contributed by atoms with Crippen LogP contribution in [-0.4, -0.2) is 41.7 Å². The second-order valence-corrected chi connectivity index (χ2v) is 5.09. The number of hydrogen-bond donors (Lipinski definition) is 2. The van der Waals surface area contributed by atoms with E-state index in [0.29, 0.717) is 30.1 Å². The molecule has 1 amide bonds. The highest BCUT2D eigenvalue weighted by Gasteiger charge is 2.42. The van der Waals surface area contributed by atoms with Crippen molar-refractivity contribution in [2.75, 3.05) is 25.9 Å². The van der Waals surface area contributed by atoms with Gasteiger partial charge in [0.2, 0.25) is 0 Å². The maximum absolute atomic E-state index is 12.2. The second kappa shape index (κ2) is 5.09. The molecule has 1 aromatic rings. The molecule has 3 N–H and O–H groups in total. The molecule has 0 saturated carbocycles. The number of aliphatic hydroxyl groups is 1. The Hall–Kier alpha value is -1.75. The summed E-state index contributed by atoms with van der Waals surface area (Å²) in [5.41, 5.74) is 6.05. The molecule has 1 aliphatic rings. The van der Waals surface area contributed by atoms with Crippen molar-refractivity contribution in [1.82, 2.24) is 4.90 Å². The van der Waals surface area contributed by atoms with Crippen molar-refractivity contribution in [3.05, 3.63) is 23.8 Å². The fourth-order valence-electron chi connectivity index (χ4n) is 2.48. The first-order chi connectivity index (χ1) is 8.99. The third-order valence-corrected chi connectivity index (χ3v) is 3.45. The average molecular weight is 264 g/mol. The Morgan fingerprint density at radius 2 is 2.21 bits per heavy atom. The van der Waals surface area contributed by atoms with Gasteiger partial charge in [0, 0.05) is 5.56 Å². The molecule has 0 spiro atoms. The van der Waals surface area contributed by atoms with E-state index in [9.17, 15) is 9.90 Å². The average Bonchev–Trinajstić information content (AvgIpc) is 2.35. The lowest BCUT2D eigenvalue weighted by Crippen LogP contribution is -2.63. The normalized spacial score (nSPS) is 16.9. The van der Waals surface area contributed by atoms with Crippen LogP contribution in [0.1, 0.15) is 30.1 Å². The van der Waals surface area contributed by atoms with Crippen LogP contribution < -0.4 is 10.5 Å². The first-order valence-corrected chi connectivity index (χ1v) is 6.44. The van der Waals surface area contributed by atoms with E-state index in [2.05, 4.69) is 0 Å². The standard InChI is InChI=1S/C14H20N2O3/c1-3-6-14(18)8-16(9-14)13(17)10-4-5-12(19-2)11(15)7-10/h4-5,7,18H,3,6,8-9,15H2,1-2H3. The Labute approximate surface area is 113 Å². The number of ether oxygens (including phenoxy) is 1. The first kappa shape index (κ1) is 13.7. The number of nitrogen functional groups attached to an aromatic ring is 1. The van der Waals surface area contributed by atoms with Crippen molar-refractivity contribution in [2.24, 2.45) is 0 Å². The molecule has 0 radical (unpaired) electrons. The van der Waals surface area contributed by atoms with Gasteiger partial charge in [-0.1, -0.05) is 13.3 Å². The molecule has 0 aromatic heterocycles. The number of likely N-dealkylation sites (tertiary alicyclic amines) is 1. The summed E-state index contributed by atoms with van der Waals surface area (Å²) in [6, 6.07) is 4.98. The molecule has 1 saturated heterocycles. The van der Waals surface area contributed by atoms with Gasteiger partial charge < -0.3 is 20.5 Å². The van der Waals surface area contributed by atoms with E-state index in [1.54, 1.807) is 23.1 Å². The molecule has 5 nitrogen and oxygen atoms in total. The summed E-state index contributed by atoms with van der Waals surface area (Å²) in [7, 11) is 1.54. The second-order valence-electron chi connectivity index (χ2n) is 5.09. The molecule has 0 aliphatic carbocycles. The van der Waals surface area contributed by atoms with Crippen LogP contribution in [0, 0.1) is 0 Å². The van der Waals surface area contributed by atoms with E-state index in [1.165, 1.54) is 7.11 Å². The molecule has 2 rings (SSSR count). The van der Waals surface area contributed by atoms with Gasteiger partial charge in [-0.2, -0.15) is 0 Å². The Bertz CT molecular complexity index is 482. The van der Waals surface area contributed by atoms with Gasteiger partial charge in [0.25, 0.3) is 5.91 Å². The quantitative estimate of drug-likeness (QED) is 0.803. The third-order valence-electron chi connectivity index (χ3n) is 3.45. The molecular weight excluding hydrogens is 244 g/mol. The van der Waals surface area contributed by atoms with E-state index in [4.69, 9.17) is 10.5 Å². The van der Waals surface area contributed by atoms with Gasteiger partial charge >= 0.3 is 0 Å². The molecule has 104 valence electrons. The lowest BCUT2D eigenvalue weighted by Gasteiger charge is -2.46. The van der Waals surface area contributed by atoms with Crippen LogP contribution in [0.2, 0.25) is 0 Å². The summed E-state index contributed by atoms with van der Waals surface area (Å²) >= 11 is 0. The summed E-state index contributed by atoms with van der Waals surface area (Å²) in [6.45, 7) is 2.81. The van der Waals surface area contributed by atoms with Crippen LogP contribution in [0.15, 0.2) is 18.2 Å². The summed E-state index contributed by atoms with van der Waals surface area (Å²) in [5, 5.41) is 10.1. The number of rotatable bonds is 4. The summed E-state index contributed by atoms with van der Waals surface area (Å²) in [6.07, 6.45) is 1.63. The molecule has 1 heterocycles. The highest BCUT2D eigenvalue weighted by atomic mass is 16.5. The first-order valence-electron chi connectivity index (χ1n) is 6.44. The van der Waals surface area contributed by atoms with Gasteiger partial charge in [0.15, 0.2) is 0 Å². The van der Waals surface area contributed by atoms with Crippen LogP contribution in [0.25, 0.3) is 0 Å². The number of nitrogens with two attached hydrogens (primary N) is 1. The van der Waals surface area contributed by atoms with E-state index in [-0.39, 0.29) is 5.91 Å². The third kappa shape index (κ3) is 2.66. The number of amides is 1. The lowest BCUT2D eigenvalue weighted by molar-refractivity contribution is -0.0860. The van der Waals surface area contributed by atoms with Gasteiger partial charge in [0.05, 0.1) is 31.5 Å². The van der Waals surface area contributed by atoms with Crippen molar-refractivity contribution in [1.29, 1.82) is 0 Å². The van der Waals surface area contributed by atoms with Crippen LogP contribution >= 0.6 is 0 Å². The number of carbonyl (C=O) groups excluding carboxylic acids is 1. The van der Waals surface area contributed by atoms with Crippen LogP contribution in [0.3, 0.4) is 0 Å². The predicted octanol–water partition coefficient (Wildman–Crippen LogP) is 1.26. The minimum Gasteiger partial charge on any atom is -0.495 e. The minimum atomic E-state index is -0.706. The SMILES string of the molecule is CCCC1(O)CN(C(=O)c2ccc(OC)c(N)c2)C1. The summed E-state index contributed by atoms with van der Waals surface area (Å²) in [5.74, 6) is 0.456. The number of methoxy groups -OCH3 is 1. The van der Waals surface area contributed by atoms with Gasteiger partial charge in [-0.05, 0) is 24.6 Å². The predicted molar refractivity (Wildman–Crippen MR) is 73.2 cm³/mol. The van der Waals surface area contributed by atoms with E-state index in [0.717, 1.165) is 12.8 Å². The number of benzene rings is 1. The minimum absolute atomic E-state index is 0.102. The maximum Gasteiger partial charge on any atom is 0.254 e. The van der Waals surface area contributed by atoms with Gasteiger partial charge in [0.1, 0.15) is 5.75 Å². The molecule has 19 heavy (non-hydrogen) atoms. The topological polar surface area (TPSA) is 75.8 Å². The lowest BCUT2D eigenvalue weighted by atomic mass is 9.88. The number of hydrogen-bond acceptors (Lipinski definition) is 4. The van der Waals surface area contributed by atoms with E-state index >= 15 is 0 Å². The molecule has 0 bridgehead atoms. The van der Waals surface area contributed by atoms with Crippen LogP contribution in [-0.2, 0) is 0 Å². The summed E-state index contributed by atoms with van der Waals surface area (Å²) in [4.78, 5) is 13.8. The smallest absolute Gasteiger partial charge is 0.254 e. The molecular formula is C14H20N2O3.